The van der Waals surface area contributed by atoms with Crippen molar-refractivity contribution in [2.45, 2.75) is 26.0 Å². The van der Waals surface area contributed by atoms with Crippen molar-refractivity contribution in [1.82, 2.24) is 19.8 Å². The number of carbonyl (C=O) groups excluding carboxylic acids is 2. The van der Waals surface area contributed by atoms with Crippen molar-refractivity contribution in [3.05, 3.63) is 17.6 Å². The molecular weight excluding hydrogens is 322 g/mol. The summed E-state index contributed by atoms with van der Waals surface area (Å²) in [7, 11) is 5.08. The lowest BCUT2D eigenvalue weighted by molar-refractivity contribution is -0.133. The molecule has 0 N–H and O–H groups in total. The van der Waals surface area contributed by atoms with Gasteiger partial charge in [-0.3, -0.25) is 9.59 Å². The van der Waals surface area contributed by atoms with Gasteiger partial charge in [0.15, 0.2) is 5.82 Å². The normalized spacial score (nSPS) is 20.8. The molecule has 3 rings (SSSR count). The Morgan fingerprint density at radius 2 is 2.04 bits per heavy atom. The van der Waals surface area contributed by atoms with Gasteiger partial charge in [-0.15, -0.1) is 0 Å². The second-order valence-electron chi connectivity index (χ2n) is 6.96. The van der Waals surface area contributed by atoms with E-state index in [0.717, 1.165) is 24.6 Å². The second-order valence-corrected chi connectivity index (χ2v) is 6.96. The maximum Gasteiger partial charge on any atom is 0.227 e. The average Bonchev–Trinajstić information content (AvgIpc) is 2.86. The van der Waals surface area contributed by atoms with E-state index in [2.05, 4.69) is 14.9 Å². The topological polar surface area (TPSA) is 78.9 Å². The molecule has 1 aromatic rings. The molecule has 2 aliphatic heterocycles. The quantitative estimate of drug-likeness (QED) is 0.749. The van der Waals surface area contributed by atoms with Crippen LogP contribution in [0.2, 0.25) is 0 Å². The van der Waals surface area contributed by atoms with Gasteiger partial charge in [0, 0.05) is 59.0 Å². The summed E-state index contributed by atoms with van der Waals surface area (Å²) in [5.74, 6) is 1.41. The minimum Gasteiger partial charge on any atom is -0.377 e. The van der Waals surface area contributed by atoms with Crippen LogP contribution < -0.4 is 4.90 Å². The minimum atomic E-state index is -0.217. The summed E-state index contributed by atoms with van der Waals surface area (Å²) in [6.45, 7) is 4.30. The SMILES string of the molecule is COCc1nc(C)cc(N2CC(N3CC(C(=O)N(C)C)CC3=O)C2)n1. The Hall–Kier alpha value is -2.22. The molecule has 0 aromatic carbocycles. The van der Waals surface area contributed by atoms with Crippen LogP contribution in [0.25, 0.3) is 0 Å². The van der Waals surface area contributed by atoms with Gasteiger partial charge in [-0.2, -0.15) is 0 Å². The molecule has 2 fully saturated rings. The molecule has 1 aromatic heterocycles. The molecular formula is C17H25N5O3. The van der Waals surface area contributed by atoms with Gasteiger partial charge in [0.1, 0.15) is 12.4 Å². The van der Waals surface area contributed by atoms with Crippen LogP contribution in [-0.4, -0.2) is 78.5 Å². The molecule has 0 spiro atoms. The maximum absolute atomic E-state index is 12.3. The zero-order valence-corrected chi connectivity index (χ0v) is 15.2. The summed E-state index contributed by atoms with van der Waals surface area (Å²) in [4.78, 5) is 38.8. The van der Waals surface area contributed by atoms with E-state index in [-0.39, 0.29) is 23.8 Å². The highest BCUT2D eigenvalue weighted by Gasteiger charge is 2.42. The first-order valence-corrected chi connectivity index (χ1v) is 8.48. The molecule has 0 aliphatic carbocycles. The van der Waals surface area contributed by atoms with Gasteiger partial charge in [-0.25, -0.2) is 9.97 Å². The summed E-state index contributed by atoms with van der Waals surface area (Å²) in [5, 5.41) is 0. The van der Waals surface area contributed by atoms with Gasteiger partial charge >= 0.3 is 0 Å². The predicted molar refractivity (Wildman–Crippen MR) is 92.0 cm³/mol. The van der Waals surface area contributed by atoms with Gasteiger partial charge in [0.2, 0.25) is 11.8 Å². The fourth-order valence-corrected chi connectivity index (χ4v) is 3.42. The molecule has 8 nitrogen and oxygen atoms in total. The van der Waals surface area contributed by atoms with Gasteiger partial charge in [0.05, 0.1) is 12.0 Å². The Balaban J connectivity index is 1.61. The number of aromatic nitrogens is 2. The van der Waals surface area contributed by atoms with E-state index in [9.17, 15) is 9.59 Å². The van der Waals surface area contributed by atoms with Gasteiger partial charge in [0.25, 0.3) is 0 Å². The van der Waals surface area contributed by atoms with E-state index in [1.807, 2.05) is 17.9 Å². The van der Waals surface area contributed by atoms with Crippen molar-refractivity contribution in [2.75, 3.05) is 45.7 Å². The van der Waals surface area contributed by atoms with Gasteiger partial charge in [-0.1, -0.05) is 0 Å². The lowest BCUT2D eigenvalue weighted by Crippen LogP contribution is -2.60. The van der Waals surface area contributed by atoms with Crippen LogP contribution in [0, 0.1) is 12.8 Å². The number of hydrogen-bond acceptors (Lipinski definition) is 6. The monoisotopic (exact) mass is 347 g/mol. The van der Waals surface area contributed by atoms with E-state index in [0.29, 0.717) is 25.4 Å². The number of aryl methyl sites for hydroxylation is 1. The third-order valence-electron chi connectivity index (χ3n) is 4.74. The van der Waals surface area contributed by atoms with Crippen LogP contribution in [0.5, 0.6) is 0 Å². The Labute approximate surface area is 147 Å². The average molecular weight is 347 g/mol. The Morgan fingerprint density at radius 1 is 1.32 bits per heavy atom. The summed E-state index contributed by atoms with van der Waals surface area (Å²) in [6, 6.07) is 2.09. The van der Waals surface area contributed by atoms with Crippen LogP contribution in [0.3, 0.4) is 0 Å². The van der Waals surface area contributed by atoms with Crippen molar-refractivity contribution < 1.29 is 14.3 Å². The maximum atomic E-state index is 12.3. The number of methoxy groups -OCH3 is 1. The molecule has 0 saturated carbocycles. The molecule has 2 saturated heterocycles. The Kier molecular flexibility index (Phi) is 4.89. The third kappa shape index (κ3) is 3.58. The van der Waals surface area contributed by atoms with Gasteiger partial charge < -0.3 is 19.4 Å². The lowest BCUT2D eigenvalue weighted by Gasteiger charge is -2.44. The molecule has 136 valence electrons. The molecule has 1 atom stereocenters. The summed E-state index contributed by atoms with van der Waals surface area (Å²) >= 11 is 0. The van der Waals surface area contributed by atoms with Crippen molar-refractivity contribution in [3.63, 3.8) is 0 Å². The first-order valence-electron chi connectivity index (χ1n) is 8.48. The molecule has 1 unspecified atom stereocenters. The van der Waals surface area contributed by atoms with E-state index in [1.165, 1.54) is 0 Å². The zero-order chi connectivity index (χ0) is 18.1. The van der Waals surface area contributed by atoms with Crippen molar-refractivity contribution >= 4 is 17.6 Å². The number of amides is 2. The van der Waals surface area contributed by atoms with Gasteiger partial charge in [-0.05, 0) is 6.92 Å². The fourth-order valence-electron chi connectivity index (χ4n) is 3.42. The highest BCUT2D eigenvalue weighted by Crippen LogP contribution is 2.28. The van der Waals surface area contributed by atoms with Crippen LogP contribution in [0.1, 0.15) is 17.9 Å². The van der Waals surface area contributed by atoms with E-state index >= 15 is 0 Å². The first-order chi connectivity index (χ1) is 11.9. The number of carbonyl (C=O) groups is 2. The summed E-state index contributed by atoms with van der Waals surface area (Å²) in [5.41, 5.74) is 0.898. The van der Waals surface area contributed by atoms with E-state index < -0.39 is 0 Å². The highest BCUT2D eigenvalue weighted by atomic mass is 16.5. The second kappa shape index (κ2) is 6.95. The third-order valence-corrected chi connectivity index (χ3v) is 4.74. The molecule has 2 amide bonds. The fraction of sp³-hybridized carbons (Fsp3) is 0.647. The Bertz CT molecular complexity index is 672. The number of ether oxygens (including phenoxy) is 1. The van der Waals surface area contributed by atoms with Crippen molar-refractivity contribution in [2.24, 2.45) is 5.92 Å². The van der Waals surface area contributed by atoms with Crippen LogP contribution in [0.15, 0.2) is 6.07 Å². The zero-order valence-electron chi connectivity index (χ0n) is 15.2. The molecule has 0 bridgehead atoms. The predicted octanol–water partition coefficient (Wildman–Crippen LogP) is 0.0567. The smallest absolute Gasteiger partial charge is 0.227 e. The van der Waals surface area contributed by atoms with E-state index in [1.54, 1.807) is 26.1 Å². The number of likely N-dealkylation sites (tertiary alicyclic amines) is 1. The van der Waals surface area contributed by atoms with Crippen molar-refractivity contribution in [1.29, 1.82) is 0 Å². The van der Waals surface area contributed by atoms with Crippen LogP contribution in [-0.2, 0) is 20.9 Å². The molecule has 25 heavy (non-hydrogen) atoms. The molecule has 8 heteroatoms. The Morgan fingerprint density at radius 3 is 2.68 bits per heavy atom. The van der Waals surface area contributed by atoms with Crippen LogP contribution >= 0.6 is 0 Å². The largest absolute Gasteiger partial charge is 0.377 e. The number of hydrogen-bond donors (Lipinski definition) is 0. The highest BCUT2D eigenvalue weighted by molar-refractivity contribution is 5.89. The number of nitrogens with zero attached hydrogens (tertiary/aromatic N) is 5. The van der Waals surface area contributed by atoms with Crippen LogP contribution in [0.4, 0.5) is 5.82 Å². The number of anilines is 1. The molecule has 2 aliphatic rings. The summed E-state index contributed by atoms with van der Waals surface area (Å²) in [6.07, 6.45) is 0.318. The standard InChI is InChI=1S/C17H25N5O3/c1-11-5-15(19-14(18-11)10-25-4)21-8-13(9-21)22-7-12(6-16(22)23)17(24)20(2)3/h5,12-13H,6-10H2,1-4H3. The number of rotatable bonds is 5. The first kappa shape index (κ1) is 17.6. The van der Waals surface area contributed by atoms with E-state index in [4.69, 9.17) is 4.74 Å². The minimum absolute atomic E-state index is 0.0302. The molecule has 3 heterocycles. The van der Waals surface area contributed by atoms with Crippen molar-refractivity contribution in [3.8, 4) is 0 Å². The molecule has 0 radical (unpaired) electrons. The lowest BCUT2D eigenvalue weighted by atomic mass is 10.1. The summed E-state index contributed by atoms with van der Waals surface area (Å²) < 4.78 is 5.11.